The van der Waals surface area contributed by atoms with Crippen LogP contribution in [-0.4, -0.2) is 37.0 Å². The third-order valence-corrected chi connectivity index (χ3v) is 6.18. The number of aromatic nitrogens is 1. The highest BCUT2D eigenvalue weighted by molar-refractivity contribution is 7.10. The molecule has 3 heterocycles. The summed E-state index contributed by atoms with van der Waals surface area (Å²) in [6.45, 7) is 0. The number of rotatable bonds is 7. The maximum Gasteiger partial charge on any atom is 0.306 e. The zero-order valence-electron chi connectivity index (χ0n) is 19.2. The molecule has 0 unspecified atom stereocenters. The minimum Gasteiger partial charge on any atom is -0.495 e. The molecule has 2 amide bonds. The van der Waals surface area contributed by atoms with E-state index in [0.29, 0.717) is 39.5 Å². The van der Waals surface area contributed by atoms with Crippen molar-refractivity contribution in [3.63, 3.8) is 0 Å². The Hall–Kier alpha value is -4.29. The summed E-state index contributed by atoms with van der Waals surface area (Å²) in [6, 6.07) is 9.00. The van der Waals surface area contributed by atoms with Crippen molar-refractivity contribution < 1.29 is 23.9 Å². The maximum absolute atomic E-state index is 12.9. The lowest BCUT2D eigenvalue weighted by Gasteiger charge is -2.11. The largest absolute Gasteiger partial charge is 0.495 e. The van der Waals surface area contributed by atoms with Crippen LogP contribution < -0.4 is 15.4 Å². The number of carbonyl (C=O) groups is 3. The van der Waals surface area contributed by atoms with Gasteiger partial charge in [-0.2, -0.15) is 0 Å². The molecule has 8 nitrogen and oxygen atoms in total. The number of hydrogen-bond acceptors (Lipinski definition) is 6. The summed E-state index contributed by atoms with van der Waals surface area (Å²) in [5.74, 6) is 5.78. The zero-order chi connectivity index (χ0) is 24.8. The van der Waals surface area contributed by atoms with E-state index in [1.807, 2.05) is 17.5 Å². The molecule has 0 radical (unpaired) electrons. The second kappa shape index (κ2) is 10.8. The molecule has 0 aliphatic carbocycles. The first kappa shape index (κ1) is 23.9. The Balaban J connectivity index is 1.74. The molecular formula is C26H23N3O5S. The number of fused-ring (bicyclic) bond motifs is 1. The number of nitrogens with one attached hydrogen (secondary N) is 3. The van der Waals surface area contributed by atoms with Crippen LogP contribution in [0.25, 0.3) is 11.6 Å². The van der Waals surface area contributed by atoms with E-state index in [2.05, 4.69) is 32.2 Å². The second-order valence-electron chi connectivity index (χ2n) is 7.56. The number of aromatic amines is 1. The molecule has 9 heteroatoms. The predicted octanol–water partition coefficient (Wildman–Crippen LogP) is 4.06. The summed E-state index contributed by atoms with van der Waals surface area (Å²) in [6.07, 6.45) is 4.04. The van der Waals surface area contributed by atoms with E-state index in [4.69, 9.17) is 4.74 Å². The van der Waals surface area contributed by atoms with Crippen LogP contribution >= 0.6 is 11.3 Å². The van der Waals surface area contributed by atoms with Crippen molar-refractivity contribution in [1.29, 1.82) is 0 Å². The summed E-state index contributed by atoms with van der Waals surface area (Å²) in [5.41, 5.74) is 3.14. The van der Waals surface area contributed by atoms with Crippen LogP contribution in [0, 0.1) is 11.8 Å². The van der Waals surface area contributed by atoms with Gasteiger partial charge in [0.25, 0.3) is 5.91 Å². The molecule has 1 aliphatic heterocycles. The van der Waals surface area contributed by atoms with Crippen LogP contribution in [0.5, 0.6) is 5.75 Å². The molecule has 0 spiro atoms. The number of amides is 2. The molecule has 0 atom stereocenters. The number of anilines is 2. The van der Waals surface area contributed by atoms with Crippen molar-refractivity contribution in [3.05, 3.63) is 63.6 Å². The highest BCUT2D eigenvalue weighted by Gasteiger charge is 2.29. The lowest BCUT2D eigenvalue weighted by atomic mass is 9.97. The maximum atomic E-state index is 12.9. The molecule has 2 aromatic heterocycles. The Morgan fingerprint density at radius 3 is 2.80 bits per heavy atom. The molecule has 35 heavy (non-hydrogen) atoms. The summed E-state index contributed by atoms with van der Waals surface area (Å²) < 4.78 is 10.0. The molecule has 0 bridgehead atoms. The molecule has 3 N–H and O–H groups in total. The molecule has 0 fully saturated rings. The van der Waals surface area contributed by atoms with E-state index in [1.165, 1.54) is 18.4 Å². The number of carbonyl (C=O) groups excluding carboxylic acids is 3. The lowest BCUT2D eigenvalue weighted by molar-refractivity contribution is -0.140. The van der Waals surface area contributed by atoms with Crippen LogP contribution in [0.1, 0.15) is 34.5 Å². The van der Waals surface area contributed by atoms with Crippen molar-refractivity contribution in [2.75, 3.05) is 24.9 Å². The molecule has 1 aromatic carbocycles. The molecule has 178 valence electrons. The van der Waals surface area contributed by atoms with Crippen LogP contribution in [0.4, 0.5) is 11.4 Å². The minimum absolute atomic E-state index is 0.137. The van der Waals surface area contributed by atoms with Gasteiger partial charge in [-0.25, -0.2) is 0 Å². The van der Waals surface area contributed by atoms with Gasteiger partial charge in [0, 0.05) is 23.1 Å². The molecule has 0 saturated carbocycles. The van der Waals surface area contributed by atoms with E-state index in [1.54, 1.807) is 37.6 Å². The number of H-pyrrole nitrogens is 1. The molecular weight excluding hydrogens is 466 g/mol. The Labute approximate surface area is 206 Å². The van der Waals surface area contributed by atoms with Crippen molar-refractivity contribution >= 4 is 52.1 Å². The monoisotopic (exact) mass is 489 g/mol. The Kier molecular flexibility index (Phi) is 7.33. The Bertz CT molecular complexity index is 1360. The van der Waals surface area contributed by atoms with Crippen molar-refractivity contribution in [2.24, 2.45) is 0 Å². The van der Waals surface area contributed by atoms with Crippen LogP contribution in [0.15, 0.2) is 41.9 Å². The minimum atomic E-state index is -0.363. The lowest BCUT2D eigenvalue weighted by Crippen LogP contribution is -2.15. The third-order valence-electron chi connectivity index (χ3n) is 5.30. The number of ether oxygens (including phenoxy) is 2. The van der Waals surface area contributed by atoms with Crippen molar-refractivity contribution in [1.82, 2.24) is 4.98 Å². The van der Waals surface area contributed by atoms with E-state index in [9.17, 15) is 14.4 Å². The van der Waals surface area contributed by atoms with Gasteiger partial charge in [-0.15, -0.1) is 11.3 Å². The summed E-state index contributed by atoms with van der Waals surface area (Å²) in [7, 11) is 2.87. The van der Waals surface area contributed by atoms with E-state index in [0.717, 1.165) is 4.88 Å². The smallest absolute Gasteiger partial charge is 0.306 e. The number of hydrogen-bond donors (Lipinski definition) is 3. The third kappa shape index (κ3) is 5.45. The Morgan fingerprint density at radius 2 is 2.06 bits per heavy atom. The topological polar surface area (TPSA) is 110 Å². The van der Waals surface area contributed by atoms with E-state index >= 15 is 0 Å². The SMILES string of the molecule is COC(=O)CCC#Cc1c(NC(=O)Cc2cccs2)ccc2c1C(=Cc1[nH]ccc1OC)C(=O)N2. The van der Waals surface area contributed by atoms with E-state index in [-0.39, 0.29) is 37.0 Å². The van der Waals surface area contributed by atoms with Gasteiger partial charge in [0.2, 0.25) is 5.91 Å². The standard InChI is InChI=1S/C26H23N3O5S/c1-33-22-11-12-27-21(22)15-18-25-17(7-3-4-8-24(31)34-2)19(9-10-20(25)29-26(18)32)28-23(30)14-16-6-5-13-35-16/h5-6,9-13,15,27H,4,8,14H2,1-2H3,(H,28,30)(H,29,32). The number of methoxy groups -OCH3 is 2. The first-order chi connectivity index (χ1) is 17.0. The van der Waals surface area contributed by atoms with Gasteiger partial charge in [-0.3, -0.25) is 14.4 Å². The Morgan fingerprint density at radius 1 is 1.20 bits per heavy atom. The predicted molar refractivity (Wildman–Crippen MR) is 135 cm³/mol. The van der Waals surface area contributed by atoms with Gasteiger partial charge in [-0.05, 0) is 35.7 Å². The van der Waals surface area contributed by atoms with Gasteiger partial charge in [-0.1, -0.05) is 17.9 Å². The molecule has 0 saturated heterocycles. The second-order valence-corrected chi connectivity index (χ2v) is 8.60. The van der Waals surface area contributed by atoms with Crippen molar-refractivity contribution in [2.45, 2.75) is 19.3 Å². The van der Waals surface area contributed by atoms with Gasteiger partial charge >= 0.3 is 5.97 Å². The molecule has 1 aliphatic rings. The fraction of sp³-hybridized carbons (Fsp3) is 0.192. The fourth-order valence-corrected chi connectivity index (χ4v) is 4.35. The first-order valence-electron chi connectivity index (χ1n) is 10.8. The van der Waals surface area contributed by atoms with Gasteiger partial charge in [0.1, 0.15) is 5.75 Å². The fourth-order valence-electron chi connectivity index (χ4n) is 3.65. The van der Waals surface area contributed by atoms with Gasteiger partial charge in [0.15, 0.2) is 0 Å². The van der Waals surface area contributed by atoms with Crippen molar-refractivity contribution in [3.8, 4) is 17.6 Å². The number of esters is 1. The molecule has 4 rings (SSSR count). The van der Waals surface area contributed by atoms with Gasteiger partial charge < -0.3 is 25.1 Å². The summed E-state index contributed by atoms with van der Waals surface area (Å²) >= 11 is 1.50. The average molecular weight is 490 g/mol. The van der Waals surface area contributed by atoms with Crippen LogP contribution in [-0.2, 0) is 25.5 Å². The number of thiophene rings is 1. The normalized spacial score (nSPS) is 13.0. The van der Waals surface area contributed by atoms with Gasteiger partial charge in [0.05, 0.1) is 55.3 Å². The first-order valence-corrected chi connectivity index (χ1v) is 11.7. The number of benzene rings is 1. The highest BCUT2D eigenvalue weighted by atomic mass is 32.1. The van der Waals surface area contributed by atoms with Crippen LogP contribution in [0.2, 0.25) is 0 Å². The molecule has 3 aromatic rings. The average Bonchev–Trinajstić information content (AvgIpc) is 3.59. The highest BCUT2D eigenvalue weighted by Crippen LogP contribution is 2.39. The summed E-state index contributed by atoms with van der Waals surface area (Å²) in [5, 5.41) is 7.70. The quantitative estimate of drug-likeness (QED) is 0.263. The zero-order valence-corrected chi connectivity index (χ0v) is 20.0. The summed E-state index contributed by atoms with van der Waals surface area (Å²) in [4.78, 5) is 41.1. The van der Waals surface area contributed by atoms with Crippen LogP contribution in [0.3, 0.4) is 0 Å². The van der Waals surface area contributed by atoms with E-state index < -0.39 is 0 Å².